The zero-order valence-electron chi connectivity index (χ0n) is 18.0. The Bertz CT molecular complexity index is 1100. The van der Waals surface area contributed by atoms with Crippen LogP contribution in [-0.4, -0.2) is 35.9 Å². The summed E-state index contributed by atoms with van der Waals surface area (Å²) in [6.45, 7) is 2.13. The van der Waals surface area contributed by atoms with Gasteiger partial charge in [-0.25, -0.2) is 9.37 Å². The van der Waals surface area contributed by atoms with E-state index < -0.39 is 17.6 Å². The number of benzene rings is 2. The third kappa shape index (κ3) is 7.21. The number of amides is 2. The fraction of sp³-hybridized carbons (Fsp3) is 0.250. The number of esters is 1. The lowest BCUT2D eigenvalue weighted by Gasteiger charge is -2.16. The number of hydrogen-bond acceptors (Lipinski definition) is 6. The second-order valence-electron chi connectivity index (χ2n) is 7.20. The summed E-state index contributed by atoms with van der Waals surface area (Å²) >= 11 is 1.14. The van der Waals surface area contributed by atoms with Crippen molar-refractivity contribution in [2.75, 3.05) is 18.5 Å². The molecule has 0 saturated heterocycles. The highest BCUT2D eigenvalue weighted by atomic mass is 32.1. The summed E-state index contributed by atoms with van der Waals surface area (Å²) in [5.41, 5.74) is 1.34. The summed E-state index contributed by atoms with van der Waals surface area (Å²) < 4.78 is 18.9. The van der Waals surface area contributed by atoms with E-state index in [9.17, 15) is 18.8 Å². The van der Waals surface area contributed by atoms with Gasteiger partial charge < -0.3 is 10.1 Å². The van der Waals surface area contributed by atoms with Crippen molar-refractivity contribution in [2.24, 2.45) is 5.92 Å². The zero-order valence-corrected chi connectivity index (χ0v) is 18.9. The molecule has 7 nitrogen and oxygen atoms in total. The maximum absolute atomic E-state index is 13.7. The molecule has 2 N–H and O–H groups in total. The minimum absolute atomic E-state index is 0.0209. The molecule has 2 amide bonds. The molecule has 0 fully saturated rings. The topological polar surface area (TPSA) is 97.4 Å². The lowest BCUT2D eigenvalue weighted by atomic mass is 9.99. The monoisotopic (exact) mass is 469 g/mol. The van der Waals surface area contributed by atoms with Gasteiger partial charge in [0.15, 0.2) is 5.13 Å². The quantitative estimate of drug-likeness (QED) is 0.442. The molecule has 0 spiro atoms. The SMILES string of the molecule is CCOC(=O)C(CNC(=O)Cc1csc(NC(=O)c2ccccc2F)n1)Cc1ccccc1. The van der Waals surface area contributed by atoms with Crippen molar-refractivity contribution in [1.29, 1.82) is 0 Å². The van der Waals surface area contributed by atoms with Crippen LogP contribution < -0.4 is 10.6 Å². The van der Waals surface area contributed by atoms with Crippen molar-refractivity contribution < 1.29 is 23.5 Å². The molecule has 0 bridgehead atoms. The van der Waals surface area contributed by atoms with Gasteiger partial charge in [0.1, 0.15) is 5.82 Å². The molecule has 172 valence electrons. The van der Waals surface area contributed by atoms with Crippen LogP contribution in [0.15, 0.2) is 60.0 Å². The van der Waals surface area contributed by atoms with Gasteiger partial charge in [-0.15, -0.1) is 11.3 Å². The highest BCUT2D eigenvalue weighted by Gasteiger charge is 2.21. The summed E-state index contributed by atoms with van der Waals surface area (Å²) in [6, 6.07) is 15.2. The van der Waals surface area contributed by atoms with E-state index in [1.54, 1.807) is 18.4 Å². The Morgan fingerprint density at radius 1 is 1.09 bits per heavy atom. The number of nitrogens with one attached hydrogen (secondary N) is 2. The van der Waals surface area contributed by atoms with Gasteiger partial charge in [-0.1, -0.05) is 42.5 Å². The van der Waals surface area contributed by atoms with Crippen molar-refractivity contribution in [2.45, 2.75) is 19.8 Å². The summed E-state index contributed by atoms with van der Waals surface area (Å²) in [5.74, 6) is -2.43. The van der Waals surface area contributed by atoms with Crippen LogP contribution in [0, 0.1) is 11.7 Å². The fourth-order valence-electron chi connectivity index (χ4n) is 3.12. The minimum atomic E-state index is -0.627. The van der Waals surface area contributed by atoms with Crippen molar-refractivity contribution in [3.63, 3.8) is 0 Å². The van der Waals surface area contributed by atoms with Gasteiger partial charge in [0.05, 0.1) is 30.2 Å². The summed E-state index contributed by atoms with van der Waals surface area (Å²) in [5, 5.41) is 7.20. The average molecular weight is 470 g/mol. The predicted molar refractivity (Wildman–Crippen MR) is 123 cm³/mol. The molecule has 0 radical (unpaired) electrons. The second-order valence-corrected chi connectivity index (χ2v) is 8.06. The van der Waals surface area contributed by atoms with Crippen LogP contribution in [0.1, 0.15) is 28.5 Å². The van der Waals surface area contributed by atoms with Gasteiger partial charge in [0.25, 0.3) is 5.91 Å². The summed E-state index contributed by atoms with van der Waals surface area (Å²) in [6.07, 6.45) is 0.426. The number of ether oxygens (including phenoxy) is 1. The van der Waals surface area contributed by atoms with E-state index in [1.165, 1.54) is 18.2 Å². The lowest BCUT2D eigenvalue weighted by Crippen LogP contribution is -2.35. The number of aromatic nitrogens is 1. The molecule has 0 saturated carbocycles. The highest BCUT2D eigenvalue weighted by molar-refractivity contribution is 7.14. The van der Waals surface area contributed by atoms with E-state index in [4.69, 9.17) is 4.74 Å². The molecule has 1 atom stereocenters. The van der Waals surface area contributed by atoms with E-state index in [0.29, 0.717) is 12.1 Å². The van der Waals surface area contributed by atoms with E-state index >= 15 is 0 Å². The maximum Gasteiger partial charge on any atom is 0.311 e. The summed E-state index contributed by atoms with van der Waals surface area (Å²) in [7, 11) is 0. The molecule has 3 aromatic rings. The van der Waals surface area contributed by atoms with Crippen molar-refractivity contribution in [3.05, 3.63) is 82.6 Å². The molecule has 9 heteroatoms. The first-order valence-corrected chi connectivity index (χ1v) is 11.3. The van der Waals surface area contributed by atoms with Crippen molar-refractivity contribution >= 4 is 34.3 Å². The molecule has 2 aromatic carbocycles. The molecule has 1 unspecified atom stereocenters. The molecule has 1 aromatic heterocycles. The van der Waals surface area contributed by atoms with E-state index in [-0.39, 0.29) is 42.1 Å². The van der Waals surface area contributed by atoms with Crippen LogP contribution in [0.5, 0.6) is 0 Å². The van der Waals surface area contributed by atoms with E-state index in [0.717, 1.165) is 16.9 Å². The zero-order chi connectivity index (χ0) is 23.6. The van der Waals surface area contributed by atoms with Crippen LogP contribution in [0.3, 0.4) is 0 Å². The molecule has 0 aliphatic heterocycles. The predicted octanol–water partition coefficient (Wildman–Crippen LogP) is 3.62. The van der Waals surface area contributed by atoms with Gasteiger partial charge in [-0.2, -0.15) is 0 Å². The number of thiazole rings is 1. The van der Waals surface area contributed by atoms with Gasteiger partial charge in [0.2, 0.25) is 5.91 Å². The van der Waals surface area contributed by atoms with Crippen LogP contribution >= 0.6 is 11.3 Å². The molecule has 0 aliphatic rings. The van der Waals surface area contributed by atoms with Crippen LogP contribution in [0.25, 0.3) is 0 Å². The largest absolute Gasteiger partial charge is 0.466 e. The molecular weight excluding hydrogens is 445 g/mol. The van der Waals surface area contributed by atoms with Gasteiger partial charge in [0, 0.05) is 11.9 Å². The average Bonchev–Trinajstić information content (AvgIpc) is 3.24. The third-order valence-electron chi connectivity index (χ3n) is 4.72. The normalized spacial score (nSPS) is 11.5. The number of carbonyl (C=O) groups is 3. The second kappa shape index (κ2) is 11.9. The van der Waals surface area contributed by atoms with E-state index in [2.05, 4.69) is 15.6 Å². The Morgan fingerprint density at radius 2 is 1.82 bits per heavy atom. The molecule has 3 rings (SSSR count). The van der Waals surface area contributed by atoms with Gasteiger partial charge in [-0.05, 0) is 31.0 Å². The Balaban J connectivity index is 1.54. The standard InChI is InChI=1S/C24H24FN3O4S/c1-2-32-23(31)17(12-16-8-4-3-5-9-16)14-26-21(29)13-18-15-33-24(27-18)28-22(30)19-10-6-7-11-20(19)25/h3-11,15,17H,2,12-14H2,1H3,(H,26,29)(H,27,28,30). The van der Waals surface area contributed by atoms with Crippen LogP contribution in [0.2, 0.25) is 0 Å². The first-order valence-electron chi connectivity index (χ1n) is 10.4. The molecule has 1 heterocycles. The lowest BCUT2D eigenvalue weighted by molar-refractivity contribution is -0.147. The van der Waals surface area contributed by atoms with Crippen LogP contribution in [-0.2, 0) is 27.2 Å². The Kier molecular flexibility index (Phi) is 8.65. The minimum Gasteiger partial charge on any atom is -0.466 e. The number of halogens is 1. The first kappa shape index (κ1) is 24.1. The number of hydrogen-bond donors (Lipinski definition) is 2. The molecule has 0 aliphatic carbocycles. The smallest absolute Gasteiger partial charge is 0.311 e. The number of rotatable bonds is 10. The Labute approximate surface area is 195 Å². The Morgan fingerprint density at radius 3 is 2.55 bits per heavy atom. The number of anilines is 1. The van der Waals surface area contributed by atoms with Crippen LogP contribution in [0.4, 0.5) is 9.52 Å². The van der Waals surface area contributed by atoms with Crippen molar-refractivity contribution in [1.82, 2.24) is 10.3 Å². The number of carbonyl (C=O) groups excluding carboxylic acids is 3. The summed E-state index contributed by atoms with van der Waals surface area (Å²) in [4.78, 5) is 41.1. The fourth-order valence-corrected chi connectivity index (χ4v) is 3.82. The molecule has 33 heavy (non-hydrogen) atoms. The number of nitrogens with zero attached hydrogens (tertiary/aromatic N) is 1. The van der Waals surface area contributed by atoms with E-state index in [1.807, 2.05) is 30.3 Å². The van der Waals surface area contributed by atoms with Crippen molar-refractivity contribution in [3.8, 4) is 0 Å². The Hall–Kier alpha value is -3.59. The van der Waals surface area contributed by atoms with Gasteiger partial charge >= 0.3 is 5.97 Å². The third-order valence-corrected chi connectivity index (χ3v) is 5.53. The first-order chi connectivity index (χ1) is 16.0. The van der Waals surface area contributed by atoms with Gasteiger partial charge in [-0.3, -0.25) is 19.7 Å². The maximum atomic E-state index is 13.7. The molecular formula is C24H24FN3O4S. The highest BCUT2D eigenvalue weighted by Crippen LogP contribution is 2.18.